The summed E-state index contributed by atoms with van der Waals surface area (Å²) in [5.41, 5.74) is 0.642. The first-order valence-corrected chi connectivity index (χ1v) is 4.13. The van der Waals surface area contributed by atoms with Gasteiger partial charge < -0.3 is 0 Å². The third-order valence-electron chi connectivity index (χ3n) is 2.06. The lowest BCUT2D eigenvalue weighted by Crippen LogP contribution is -2.01. The molecule has 0 nitrogen and oxygen atoms in total. The molecule has 2 aliphatic rings. The molecule has 0 aromatic heterocycles. The van der Waals surface area contributed by atoms with Gasteiger partial charge in [-0.2, -0.15) is 13.2 Å². The van der Waals surface area contributed by atoms with Crippen molar-refractivity contribution in [3.63, 3.8) is 0 Å². The standard InChI is InChI=1S/C11H7F3/c12-11(13,14)10-6-8-4-2-1-3-5-9(8)7-10/h1-7H. The van der Waals surface area contributed by atoms with Crippen molar-refractivity contribution in [2.75, 3.05) is 0 Å². The lowest BCUT2D eigenvalue weighted by molar-refractivity contribution is -0.137. The molecule has 0 bridgehead atoms. The van der Waals surface area contributed by atoms with Crippen molar-refractivity contribution >= 4 is 0 Å². The van der Waals surface area contributed by atoms with Crippen LogP contribution in [0.1, 0.15) is 5.56 Å². The predicted molar refractivity (Wildman–Crippen MR) is 48.1 cm³/mol. The van der Waals surface area contributed by atoms with Gasteiger partial charge in [0.15, 0.2) is 0 Å². The summed E-state index contributed by atoms with van der Waals surface area (Å²) in [4.78, 5) is 0. The van der Waals surface area contributed by atoms with Crippen LogP contribution in [0.2, 0.25) is 0 Å². The van der Waals surface area contributed by atoms with Crippen LogP contribution in [-0.4, -0.2) is 0 Å². The van der Waals surface area contributed by atoms with E-state index in [2.05, 4.69) is 0 Å². The molecular formula is C11H7F3. The Balaban J connectivity index is 2.59. The van der Waals surface area contributed by atoms with E-state index in [9.17, 15) is 13.2 Å². The third-order valence-corrected chi connectivity index (χ3v) is 2.06. The fraction of sp³-hybridized carbons (Fsp3) is 0.0909. The second kappa shape index (κ2) is 3.01. The van der Waals surface area contributed by atoms with Crippen LogP contribution in [0.4, 0.5) is 13.2 Å². The summed E-state index contributed by atoms with van der Waals surface area (Å²) < 4.78 is 37.0. The first kappa shape index (κ1) is 9.06. The zero-order chi connectivity index (χ0) is 10.2. The second-order valence-electron chi connectivity index (χ2n) is 3.06. The molecule has 0 aromatic carbocycles. The zero-order valence-electron chi connectivity index (χ0n) is 7.18. The summed E-state index contributed by atoms with van der Waals surface area (Å²) in [5.74, 6) is 0. The average molecular weight is 196 g/mol. The maximum absolute atomic E-state index is 12.3. The van der Waals surface area contributed by atoms with E-state index >= 15 is 0 Å². The molecule has 0 heterocycles. The number of alkyl halides is 3. The molecule has 0 fully saturated rings. The highest BCUT2D eigenvalue weighted by Crippen LogP contribution is 2.35. The Morgan fingerprint density at radius 2 is 1.29 bits per heavy atom. The van der Waals surface area contributed by atoms with Crippen LogP contribution in [0.25, 0.3) is 11.1 Å². The van der Waals surface area contributed by atoms with Gasteiger partial charge in [-0.05, 0) is 23.3 Å². The van der Waals surface area contributed by atoms with Gasteiger partial charge in [0.05, 0.1) is 5.56 Å². The van der Waals surface area contributed by atoms with Crippen molar-refractivity contribution in [1.29, 1.82) is 0 Å². The Bertz CT molecular complexity index is 387. The predicted octanol–water partition coefficient (Wildman–Crippen LogP) is 3.81. The molecule has 0 aliphatic heterocycles. The molecule has 0 unspecified atom stereocenters. The second-order valence-corrected chi connectivity index (χ2v) is 3.06. The Kier molecular flexibility index (Phi) is 1.95. The van der Waals surface area contributed by atoms with Gasteiger partial charge in [-0.3, -0.25) is 0 Å². The van der Waals surface area contributed by atoms with E-state index in [0.717, 1.165) is 12.1 Å². The molecule has 2 aliphatic carbocycles. The van der Waals surface area contributed by atoms with Gasteiger partial charge in [0.1, 0.15) is 0 Å². The minimum atomic E-state index is -4.25. The highest BCUT2D eigenvalue weighted by Gasteiger charge is 2.32. The van der Waals surface area contributed by atoms with Gasteiger partial charge >= 0.3 is 6.18 Å². The summed E-state index contributed by atoms with van der Waals surface area (Å²) in [7, 11) is 0. The van der Waals surface area contributed by atoms with E-state index in [1.165, 1.54) is 0 Å². The van der Waals surface area contributed by atoms with E-state index in [1.54, 1.807) is 30.3 Å². The van der Waals surface area contributed by atoms with Gasteiger partial charge in [-0.25, -0.2) is 0 Å². The average Bonchev–Trinajstić information content (AvgIpc) is 2.38. The fourth-order valence-electron chi connectivity index (χ4n) is 1.38. The molecule has 2 rings (SSSR count). The molecular weight excluding hydrogens is 189 g/mol. The summed E-state index contributed by atoms with van der Waals surface area (Å²) >= 11 is 0. The normalized spacial score (nSPS) is 11.9. The van der Waals surface area contributed by atoms with Gasteiger partial charge in [0.2, 0.25) is 0 Å². The van der Waals surface area contributed by atoms with Crippen LogP contribution in [-0.2, 0) is 6.18 Å². The maximum Gasteiger partial charge on any atom is 0.416 e. The Morgan fingerprint density at radius 3 is 1.71 bits per heavy atom. The number of hydrogen-bond donors (Lipinski definition) is 0. The fourth-order valence-corrected chi connectivity index (χ4v) is 1.38. The maximum atomic E-state index is 12.3. The Hall–Kier alpha value is -1.51. The van der Waals surface area contributed by atoms with E-state index in [1.807, 2.05) is 0 Å². The summed E-state index contributed by atoms with van der Waals surface area (Å²) in [5, 5.41) is 0. The molecule has 0 radical (unpaired) electrons. The van der Waals surface area contributed by atoms with Crippen molar-refractivity contribution in [1.82, 2.24) is 0 Å². The molecule has 0 saturated carbocycles. The van der Waals surface area contributed by atoms with Gasteiger partial charge in [0, 0.05) is 0 Å². The van der Waals surface area contributed by atoms with Gasteiger partial charge in [-0.15, -0.1) is 0 Å². The van der Waals surface area contributed by atoms with Crippen LogP contribution in [0.5, 0.6) is 0 Å². The van der Waals surface area contributed by atoms with E-state index in [-0.39, 0.29) is 0 Å². The van der Waals surface area contributed by atoms with Crippen molar-refractivity contribution in [2.24, 2.45) is 0 Å². The highest BCUT2D eigenvalue weighted by molar-refractivity contribution is 5.68. The third kappa shape index (κ3) is 1.58. The van der Waals surface area contributed by atoms with Crippen LogP contribution in [0, 0.1) is 0 Å². The van der Waals surface area contributed by atoms with Crippen molar-refractivity contribution in [3.8, 4) is 11.1 Å². The molecule has 72 valence electrons. The van der Waals surface area contributed by atoms with E-state index < -0.39 is 11.7 Å². The monoisotopic (exact) mass is 196 g/mol. The van der Waals surface area contributed by atoms with Crippen LogP contribution >= 0.6 is 0 Å². The summed E-state index contributed by atoms with van der Waals surface area (Å²) in [6.45, 7) is 0. The molecule has 0 amide bonds. The number of fused-ring (bicyclic) bond motifs is 1. The zero-order valence-corrected chi connectivity index (χ0v) is 7.18. The highest BCUT2D eigenvalue weighted by atomic mass is 19.4. The molecule has 14 heavy (non-hydrogen) atoms. The summed E-state index contributed by atoms with van der Waals surface area (Å²) in [6, 6.07) is 10.9. The van der Waals surface area contributed by atoms with Crippen molar-refractivity contribution < 1.29 is 13.2 Å². The molecule has 0 saturated heterocycles. The first-order chi connectivity index (χ1) is 6.57. The van der Waals surface area contributed by atoms with Crippen molar-refractivity contribution in [2.45, 2.75) is 6.18 Å². The molecule has 0 atom stereocenters. The number of halogens is 3. The smallest absolute Gasteiger partial charge is 0.166 e. The number of rotatable bonds is 0. The molecule has 0 aromatic rings. The van der Waals surface area contributed by atoms with E-state index in [0.29, 0.717) is 11.1 Å². The Labute approximate surface area is 79.3 Å². The van der Waals surface area contributed by atoms with E-state index in [4.69, 9.17) is 0 Å². The summed E-state index contributed by atoms with van der Waals surface area (Å²) in [6.07, 6.45) is -4.25. The quantitative estimate of drug-likeness (QED) is 0.601. The van der Waals surface area contributed by atoms with Gasteiger partial charge in [-0.1, -0.05) is 30.3 Å². The van der Waals surface area contributed by atoms with Crippen molar-refractivity contribution in [3.05, 3.63) is 48.0 Å². The lowest BCUT2D eigenvalue weighted by atomic mass is 10.2. The lowest BCUT2D eigenvalue weighted by Gasteiger charge is -2.00. The topological polar surface area (TPSA) is 0 Å². The molecule has 0 spiro atoms. The Morgan fingerprint density at radius 1 is 0.786 bits per heavy atom. The first-order valence-electron chi connectivity index (χ1n) is 4.13. The minimum Gasteiger partial charge on any atom is -0.166 e. The van der Waals surface area contributed by atoms with Crippen LogP contribution in [0.15, 0.2) is 42.5 Å². The largest absolute Gasteiger partial charge is 0.416 e. The van der Waals surface area contributed by atoms with Gasteiger partial charge in [0.25, 0.3) is 0 Å². The minimum absolute atomic E-state index is 0.585. The van der Waals surface area contributed by atoms with Crippen LogP contribution in [0.3, 0.4) is 0 Å². The van der Waals surface area contributed by atoms with Crippen LogP contribution < -0.4 is 0 Å². The molecule has 0 N–H and O–H groups in total. The molecule has 3 heteroatoms. The SMILES string of the molecule is FC(F)(F)c1cc2cccccc-2c1. The number of hydrogen-bond acceptors (Lipinski definition) is 0.